The summed E-state index contributed by atoms with van der Waals surface area (Å²) >= 11 is 1.31. The monoisotopic (exact) mass is 409 g/mol. The first-order valence-corrected chi connectivity index (χ1v) is 9.44. The Balaban J connectivity index is 2.11. The van der Waals surface area contributed by atoms with Crippen LogP contribution >= 0.6 is 11.3 Å². The molecule has 148 valence electrons. The molecule has 1 heterocycles. The van der Waals surface area contributed by atoms with Gasteiger partial charge in [0.25, 0.3) is 5.91 Å². The average molecular weight is 409 g/mol. The Morgan fingerprint density at radius 1 is 1.21 bits per heavy atom. The maximum absolute atomic E-state index is 12.8. The highest BCUT2D eigenvalue weighted by atomic mass is 32.1. The molecule has 0 saturated heterocycles. The number of methoxy groups -OCH3 is 2. The van der Waals surface area contributed by atoms with Crippen molar-refractivity contribution in [1.29, 1.82) is 0 Å². The van der Waals surface area contributed by atoms with Crippen LogP contribution in [0.5, 0.6) is 11.5 Å². The second-order valence-corrected chi connectivity index (χ2v) is 7.03. The van der Waals surface area contributed by atoms with Gasteiger partial charge in [0.1, 0.15) is 11.5 Å². The number of nitrogens with one attached hydrogen (secondary N) is 1. The van der Waals surface area contributed by atoms with Crippen molar-refractivity contribution in [3.05, 3.63) is 46.8 Å². The van der Waals surface area contributed by atoms with E-state index in [-0.39, 0.29) is 12.5 Å². The molecule has 3 rings (SSSR count). The lowest BCUT2D eigenvalue weighted by Gasteiger charge is -2.07. The van der Waals surface area contributed by atoms with Crippen molar-refractivity contribution in [2.45, 2.75) is 13.5 Å². The Bertz CT molecular complexity index is 1200. The second kappa shape index (κ2) is 8.63. The van der Waals surface area contributed by atoms with Gasteiger partial charge in [0.2, 0.25) is 5.91 Å². The van der Waals surface area contributed by atoms with E-state index in [4.69, 9.17) is 15.9 Å². The molecule has 0 aliphatic heterocycles. The predicted octanol–water partition coefficient (Wildman–Crippen LogP) is 3.05. The van der Waals surface area contributed by atoms with Crippen LogP contribution in [0.1, 0.15) is 17.3 Å². The van der Waals surface area contributed by atoms with Crippen molar-refractivity contribution >= 4 is 39.1 Å². The van der Waals surface area contributed by atoms with Crippen LogP contribution in [-0.4, -0.2) is 30.6 Å². The largest absolute Gasteiger partial charge is 0.497 e. The fourth-order valence-corrected chi connectivity index (χ4v) is 3.87. The fraction of sp³-hybridized carbons (Fsp3) is 0.190. The molecule has 7 nitrogen and oxygen atoms in total. The van der Waals surface area contributed by atoms with Crippen molar-refractivity contribution in [2.75, 3.05) is 19.5 Å². The zero-order valence-corrected chi connectivity index (χ0v) is 17.0. The number of amides is 2. The van der Waals surface area contributed by atoms with E-state index in [0.29, 0.717) is 27.6 Å². The summed E-state index contributed by atoms with van der Waals surface area (Å²) in [5.74, 6) is 2.92. The van der Waals surface area contributed by atoms with Gasteiger partial charge in [-0.15, -0.1) is 6.42 Å². The molecule has 0 bridgehead atoms. The zero-order chi connectivity index (χ0) is 21.0. The average Bonchev–Trinajstić information content (AvgIpc) is 3.03. The number of fused-ring (bicyclic) bond motifs is 1. The van der Waals surface area contributed by atoms with Gasteiger partial charge in [0.15, 0.2) is 4.80 Å². The quantitative estimate of drug-likeness (QED) is 0.657. The van der Waals surface area contributed by atoms with Crippen molar-refractivity contribution in [2.24, 2.45) is 4.99 Å². The molecule has 0 atom stereocenters. The van der Waals surface area contributed by atoms with Gasteiger partial charge in [-0.1, -0.05) is 17.3 Å². The van der Waals surface area contributed by atoms with E-state index in [2.05, 4.69) is 16.2 Å². The Kier molecular flexibility index (Phi) is 6.00. The predicted molar refractivity (Wildman–Crippen MR) is 112 cm³/mol. The van der Waals surface area contributed by atoms with Crippen LogP contribution in [0.15, 0.2) is 41.4 Å². The highest BCUT2D eigenvalue weighted by Crippen LogP contribution is 2.26. The third-order valence-electron chi connectivity index (χ3n) is 4.09. The van der Waals surface area contributed by atoms with Crippen molar-refractivity contribution < 1.29 is 19.1 Å². The molecule has 0 unspecified atom stereocenters. The summed E-state index contributed by atoms with van der Waals surface area (Å²) in [4.78, 5) is 28.9. The van der Waals surface area contributed by atoms with E-state index in [1.54, 1.807) is 28.8 Å². The van der Waals surface area contributed by atoms with Gasteiger partial charge in [0.05, 0.1) is 36.5 Å². The highest BCUT2D eigenvalue weighted by molar-refractivity contribution is 7.16. The molecule has 2 amide bonds. The number of carbonyl (C=O) groups is 2. The lowest BCUT2D eigenvalue weighted by Crippen LogP contribution is -2.16. The maximum atomic E-state index is 12.8. The summed E-state index contributed by atoms with van der Waals surface area (Å²) in [6, 6.07) is 10.4. The SMILES string of the molecule is C#CCn1c(=NC(=O)c2ccc(OC)cc2OC)sc2cc(NC(C)=O)ccc21. The third kappa shape index (κ3) is 4.31. The Morgan fingerprint density at radius 3 is 2.66 bits per heavy atom. The molecular weight excluding hydrogens is 390 g/mol. The Hall–Kier alpha value is -3.57. The van der Waals surface area contributed by atoms with Crippen LogP contribution in [0.2, 0.25) is 0 Å². The molecular formula is C21H19N3O4S. The topological polar surface area (TPSA) is 81.9 Å². The first-order valence-electron chi connectivity index (χ1n) is 8.62. The minimum atomic E-state index is -0.455. The molecule has 29 heavy (non-hydrogen) atoms. The number of terminal acetylenes is 1. The molecule has 1 N–H and O–H groups in total. The lowest BCUT2D eigenvalue weighted by atomic mass is 10.2. The summed E-state index contributed by atoms with van der Waals surface area (Å²) < 4.78 is 13.1. The van der Waals surface area contributed by atoms with Crippen molar-refractivity contribution in [3.8, 4) is 23.8 Å². The van der Waals surface area contributed by atoms with E-state index >= 15 is 0 Å². The number of rotatable bonds is 5. The summed E-state index contributed by atoms with van der Waals surface area (Å²) in [6.07, 6.45) is 5.51. The highest BCUT2D eigenvalue weighted by Gasteiger charge is 2.14. The molecule has 0 spiro atoms. The number of hydrogen-bond acceptors (Lipinski definition) is 5. The Morgan fingerprint density at radius 2 is 2.00 bits per heavy atom. The molecule has 0 radical (unpaired) electrons. The van der Waals surface area contributed by atoms with Gasteiger partial charge >= 0.3 is 0 Å². The molecule has 0 fully saturated rings. The molecule has 0 saturated carbocycles. The maximum Gasteiger partial charge on any atom is 0.283 e. The van der Waals surface area contributed by atoms with E-state index in [1.807, 2.05) is 12.1 Å². The number of hydrogen-bond donors (Lipinski definition) is 1. The van der Waals surface area contributed by atoms with Gasteiger partial charge in [0, 0.05) is 18.7 Å². The van der Waals surface area contributed by atoms with Gasteiger partial charge in [-0.25, -0.2) is 0 Å². The van der Waals surface area contributed by atoms with E-state index < -0.39 is 5.91 Å². The number of anilines is 1. The summed E-state index contributed by atoms with van der Waals surface area (Å²) in [7, 11) is 3.02. The minimum absolute atomic E-state index is 0.163. The van der Waals surface area contributed by atoms with Crippen LogP contribution < -0.4 is 19.6 Å². The summed E-state index contributed by atoms with van der Waals surface area (Å²) in [6.45, 7) is 1.70. The van der Waals surface area contributed by atoms with Crippen molar-refractivity contribution in [1.82, 2.24) is 4.57 Å². The van der Waals surface area contributed by atoms with E-state index in [0.717, 1.165) is 10.2 Å². The second-order valence-electron chi connectivity index (χ2n) is 6.02. The number of carbonyl (C=O) groups excluding carboxylic acids is 2. The summed E-state index contributed by atoms with van der Waals surface area (Å²) in [5, 5.41) is 2.74. The molecule has 3 aromatic rings. The smallest absolute Gasteiger partial charge is 0.283 e. The van der Waals surface area contributed by atoms with E-state index in [9.17, 15) is 9.59 Å². The first-order chi connectivity index (χ1) is 14.0. The minimum Gasteiger partial charge on any atom is -0.497 e. The van der Waals surface area contributed by atoms with Crippen LogP contribution in [0.4, 0.5) is 5.69 Å². The van der Waals surface area contributed by atoms with E-state index in [1.165, 1.54) is 32.5 Å². The van der Waals surface area contributed by atoms with Gasteiger partial charge in [-0.2, -0.15) is 4.99 Å². The molecule has 1 aromatic heterocycles. The zero-order valence-electron chi connectivity index (χ0n) is 16.2. The first kappa shape index (κ1) is 20.2. The molecule has 8 heteroatoms. The van der Waals surface area contributed by atoms with Gasteiger partial charge < -0.3 is 19.4 Å². The number of thiazole rings is 1. The Labute approximate surface area is 171 Å². The lowest BCUT2D eigenvalue weighted by molar-refractivity contribution is -0.114. The molecule has 0 aliphatic rings. The number of benzene rings is 2. The molecule has 2 aromatic carbocycles. The van der Waals surface area contributed by atoms with Gasteiger partial charge in [-0.3, -0.25) is 9.59 Å². The van der Waals surface area contributed by atoms with Crippen LogP contribution in [0, 0.1) is 12.3 Å². The number of nitrogens with zero attached hydrogens (tertiary/aromatic N) is 2. The fourth-order valence-electron chi connectivity index (χ4n) is 2.81. The number of aromatic nitrogens is 1. The molecule has 0 aliphatic carbocycles. The van der Waals surface area contributed by atoms with Crippen molar-refractivity contribution in [3.63, 3.8) is 0 Å². The number of ether oxygens (including phenoxy) is 2. The third-order valence-corrected chi connectivity index (χ3v) is 5.13. The summed E-state index contributed by atoms with van der Waals surface area (Å²) in [5.41, 5.74) is 1.81. The van der Waals surface area contributed by atoms with Gasteiger partial charge in [-0.05, 0) is 30.3 Å². The van der Waals surface area contributed by atoms with Crippen LogP contribution in [0.25, 0.3) is 10.2 Å². The van der Waals surface area contributed by atoms with Crippen LogP contribution in [0.3, 0.4) is 0 Å². The van der Waals surface area contributed by atoms with Crippen LogP contribution in [-0.2, 0) is 11.3 Å². The standard InChI is InChI=1S/C21H19N3O4S/c1-5-10-24-17-9-6-14(22-13(2)25)11-19(17)29-21(24)23-20(26)16-8-7-15(27-3)12-18(16)28-4/h1,6-9,11-12H,10H2,2-4H3,(H,22,25). The normalized spacial score (nSPS) is 11.2.